The van der Waals surface area contributed by atoms with Crippen molar-refractivity contribution < 1.29 is 14.4 Å². The van der Waals surface area contributed by atoms with Crippen LogP contribution in [0.15, 0.2) is 24.3 Å². The maximum absolute atomic E-state index is 12.9. The van der Waals surface area contributed by atoms with E-state index in [1.54, 1.807) is 11.3 Å². The second-order valence-electron chi connectivity index (χ2n) is 7.76. The molecule has 2 aromatic rings. The van der Waals surface area contributed by atoms with E-state index in [1.165, 1.54) is 4.90 Å². The summed E-state index contributed by atoms with van der Waals surface area (Å²) in [6, 6.07) is 7.55. The van der Waals surface area contributed by atoms with Crippen molar-refractivity contribution in [2.45, 2.75) is 50.6 Å². The average Bonchev–Trinajstić information content (AvgIpc) is 3.46. The second kappa shape index (κ2) is 6.93. The van der Waals surface area contributed by atoms with Crippen LogP contribution < -0.4 is 0 Å². The third-order valence-corrected chi connectivity index (χ3v) is 7.19. The first-order valence-electron chi connectivity index (χ1n) is 9.92. The van der Waals surface area contributed by atoms with E-state index in [2.05, 4.69) is 11.0 Å². The van der Waals surface area contributed by atoms with Gasteiger partial charge in [-0.3, -0.25) is 19.4 Å². The van der Waals surface area contributed by atoms with Crippen LogP contribution >= 0.6 is 11.3 Å². The van der Waals surface area contributed by atoms with Crippen LogP contribution in [-0.2, 0) is 9.59 Å². The number of fused-ring (bicyclic) bond motifs is 1. The smallest absolute Gasteiger partial charge is 0.276 e. The number of thiazole rings is 1. The summed E-state index contributed by atoms with van der Waals surface area (Å²) < 4.78 is 1.14. The largest absolute Gasteiger partial charge is 0.335 e. The molecule has 1 unspecified atom stereocenters. The quantitative estimate of drug-likeness (QED) is 0.584. The molecule has 3 heterocycles. The molecule has 1 aliphatic carbocycles. The lowest BCUT2D eigenvalue weighted by Gasteiger charge is -2.27. The van der Waals surface area contributed by atoms with Crippen LogP contribution in [-0.4, -0.2) is 56.8 Å². The Bertz CT molecular complexity index is 919. The van der Waals surface area contributed by atoms with Gasteiger partial charge in [0, 0.05) is 12.6 Å². The topological polar surface area (TPSA) is 73.8 Å². The highest BCUT2D eigenvalue weighted by molar-refractivity contribution is 7.18. The van der Waals surface area contributed by atoms with Crippen LogP contribution in [0, 0.1) is 0 Å². The van der Waals surface area contributed by atoms with Gasteiger partial charge >= 0.3 is 17.8 Å². The lowest BCUT2D eigenvalue weighted by atomic mass is 10.2. The molecule has 1 atom stereocenters. The number of carbonyl (C=O) groups is 3. The number of rotatable bonds is 4. The second-order valence-corrected chi connectivity index (χ2v) is 8.82. The molecule has 1 saturated carbocycles. The van der Waals surface area contributed by atoms with E-state index >= 15 is 0 Å². The standard InChI is InChI=1S/C20H22N4O3S/c25-18-19(26)24(13-6-1-2-7-13)20(27)23(18)12-22-11-5-9-15(22)17-21-14-8-3-4-10-16(14)28-17/h3-4,8,10,13,15H,1-2,5-7,9,11-12H2. The van der Waals surface area contributed by atoms with Crippen molar-refractivity contribution in [1.29, 1.82) is 0 Å². The van der Waals surface area contributed by atoms with Gasteiger partial charge in [-0.25, -0.2) is 14.7 Å². The number of hydrogen-bond acceptors (Lipinski definition) is 6. The van der Waals surface area contributed by atoms with Crippen molar-refractivity contribution in [3.05, 3.63) is 29.3 Å². The highest BCUT2D eigenvalue weighted by atomic mass is 32.1. The Kier molecular flexibility index (Phi) is 4.40. The van der Waals surface area contributed by atoms with E-state index in [-0.39, 0.29) is 18.8 Å². The number of benzene rings is 1. The Morgan fingerprint density at radius 3 is 2.57 bits per heavy atom. The van der Waals surface area contributed by atoms with Gasteiger partial charge in [0.05, 0.1) is 22.9 Å². The van der Waals surface area contributed by atoms with Gasteiger partial charge in [-0.05, 0) is 37.8 Å². The van der Waals surface area contributed by atoms with Crippen LogP contribution in [0.3, 0.4) is 0 Å². The zero-order valence-electron chi connectivity index (χ0n) is 15.5. The Balaban J connectivity index is 1.36. The minimum absolute atomic E-state index is 0.0774. The lowest BCUT2D eigenvalue weighted by Crippen LogP contribution is -2.43. The minimum Gasteiger partial charge on any atom is -0.276 e. The molecule has 28 heavy (non-hydrogen) atoms. The third-order valence-electron chi connectivity index (χ3n) is 6.06. The Labute approximate surface area is 166 Å². The van der Waals surface area contributed by atoms with Gasteiger partial charge in [0.25, 0.3) is 0 Å². The van der Waals surface area contributed by atoms with Gasteiger partial charge in [-0.15, -0.1) is 11.3 Å². The average molecular weight is 398 g/mol. The summed E-state index contributed by atoms with van der Waals surface area (Å²) in [5, 5.41) is 1.01. The van der Waals surface area contributed by atoms with Crippen LogP contribution in [0.25, 0.3) is 10.2 Å². The number of amides is 4. The predicted molar refractivity (Wildman–Crippen MR) is 105 cm³/mol. The van der Waals surface area contributed by atoms with E-state index in [9.17, 15) is 14.4 Å². The van der Waals surface area contributed by atoms with Crippen molar-refractivity contribution in [2.24, 2.45) is 0 Å². The molecule has 3 aliphatic rings. The summed E-state index contributed by atoms with van der Waals surface area (Å²) in [4.78, 5) is 47.0. The molecule has 0 bridgehead atoms. The molecule has 1 aromatic heterocycles. The van der Waals surface area contributed by atoms with E-state index in [0.717, 1.165) is 65.2 Å². The highest BCUT2D eigenvalue weighted by Gasteiger charge is 2.49. The minimum atomic E-state index is -0.688. The summed E-state index contributed by atoms with van der Waals surface area (Å²) in [5.41, 5.74) is 0.977. The van der Waals surface area contributed by atoms with E-state index in [0.29, 0.717) is 0 Å². The first-order chi connectivity index (χ1) is 13.6. The number of carbonyl (C=O) groups excluding carboxylic acids is 3. The number of imide groups is 2. The Morgan fingerprint density at radius 2 is 1.79 bits per heavy atom. The van der Waals surface area contributed by atoms with Crippen molar-refractivity contribution >= 4 is 39.4 Å². The van der Waals surface area contributed by atoms with Gasteiger partial charge in [0.1, 0.15) is 5.01 Å². The first kappa shape index (κ1) is 17.8. The number of aromatic nitrogens is 1. The van der Waals surface area contributed by atoms with E-state index in [1.807, 2.05) is 18.2 Å². The van der Waals surface area contributed by atoms with Crippen LogP contribution in [0.2, 0.25) is 0 Å². The Morgan fingerprint density at radius 1 is 1.00 bits per heavy atom. The molecular formula is C20H22N4O3S. The molecule has 8 heteroatoms. The van der Waals surface area contributed by atoms with Crippen molar-refractivity contribution in [1.82, 2.24) is 19.7 Å². The van der Waals surface area contributed by atoms with Crippen LogP contribution in [0.1, 0.15) is 49.6 Å². The molecule has 1 aromatic carbocycles. The zero-order valence-corrected chi connectivity index (χ0v) is 16.4. The first-order valence-corrected chi connectivity index (χ1v) is 10.7. The molecule has 5 rings (SSSR count). The highest BCUT2D eigenvalue weighted by Crippen LogP contribution is 2.37. The fraction of sp³-hybridized carbons (Fsp3) is 0.500. The summed E-state index contributed by atoms with van der Waals surface area (Å²) in [6.07, 6.45) is 5.53. The molecule has 7 nitrogen and oxygen atoms in total. The number of para-hydroxylation sites is 1. The third kappa shape index (κ3) is 2.82. The molecule has 0 N–H and O–H groups in total. The van der Waals surface area contributed by atoms with Crippen molar-refractivity contribution in [3.8, 4) is 0 Å². The number of nitrogens with zero attached hydrogens (tertiary/aromatic N) is 4. The van der Waals surface area contributed by atoms with Gasteiger partial charge in [0.2, 0.25) is 0 Å². The monoisotopic (exact) mass is 398 g/mol. The molecule has 4 amide bonds. The van der Waals surface area contributed by atoms with Crippen LogP contribution in [0.5, 0.6) is 0 Å². The van der Waals surface area contributed by atoms with Crippen LogP contribution in [0.4, 0.5) is 4.79 Å². The van der Waals surface area contributed by atoms with Gasteiger partial charge < -0.3 is 0 Å². The Hall–Kier alpha value is -2.32. The SMILES string of the molecule is O=C1C(=O)N(C2CCCC2)C(=O)N1CN1CCCC1c1nc2ccccc2s1. The van der Waals surface area contributed by atoms with Gasteiger partial charge in [-0.2, -0.15) is 0 Å². The normalized spacial score (nSPS) is 24.4. The molecule has 146 valence electrons. The number of urea groups is 1. The fourth-order valence-electron chi connectivity index (χ4n) is 4.62. The summed E-state index contributed by atoms with van der Waals surface area (Å²) in [7, 11) is 0. The molecule has 0 radical (unpaired) electrons. The van der Waals surface area contributed by atoms with Crippen molar-refractivity contribution in [3.63, 3.8) is 0 Å². The predicted octanol–water partition coefficient (Wildman–Crippen LogP) is 3.12. The number of hydrogen-bond donors (Lipinski definition) is 0. The molecule has 2 saturated heterocycles. The van der Waals surface area contributed by atoms with Crippen molar-refractivity contribution in [2.75, 3.05) is 13.2 Å². The summed E-state index contributed by atoms with van der Waals surface area (Å²) >= 11 is 1.66. The lowest BCUT2D eigenvalue weighted by molar-refractivity contribution is -0.144. The van der Waals surface area contributed by atoms with Gasteiger partial charge in [0.15, 0.2) is 0 Å². The molecule has 2 aliphatic heterocycles. The molecule has 3 fully saturated rings. The van der Waals surface area contributed by atoms with E-state index in [4.69, 9.17) is 4.98 Å². The fourth-order valence-corrected chi connectivity index (χ4v) is 5.76. The maximum Gasteiger partial charge on any atom is 0.335 e. The molecule has 0 spiro atoms. The van der Waals surface area contributed by atoms with Gasteiger partial charge in [-0.1, -0.05) is 25.0 Å². The maximum atomic E-state index is 12.9. The number of likely N-dealkylation sites (tertiary alicyclic amines) is 1. The summed E-state index contributed by atoms with van der Waals surface area (Å²) in [5.74, 6) is -1.35. The molecular weight excluding hydrogens is 376 g/mol. The summed E-state index contributed by atoms with van der Waals surface area (Å²) in [6.45, 7) is 0.947. The van der Waals surface area contributed by atoms with E-state index < -0.39 is 17.8 Å². The zero-order chi connectivity index (χ0) is 19.3.